The molecule has 0 N–H and O–H groups in total. The van der Waals surface area contributed by atoms with E-state index in [1.54, 1.807) is 6.08 Å². The Kier molecular flexibility index (Phi) is 4.55. The molecule has 0 aliphatic rings. The van der Waals surface area contributed by atoms with Crippen molar-refractivity contribution in [2.75, 3.05) is 0 Å². The highest BCUT2D eigenvalue weighted by atomic mass is 19.1. The number of hydrogen-bond donors (Lipinski definition) is 0. The van der Waals surface area contributed by atoms with Crippen molar-refractivity contribution in [3.8, 4) is 0 Å². The van der Waals surface area contributed by atoms with Crippen LogP contribution in [0.1, 0.15) is 20.3 Å². The molecule has 0 saturated carbocycles. The first kappa shape index (κ1) is 9.15. The summed E-state index contributed by atoms with van der Waals surface area (Å²) in [4.78, 5) is 0. The number of halogens is 1. The second-order valence-corrected chi connectivity index (χ2v) is 2.06. The first-order valence-electron chi connectivity index (χ1n) is 3.36. The third kappa shape index (κ3) is 4.07. The molecule has 0 aromatic heterocycles. The molecule has 0 unspecified atom stereocenters. The van der Waals surface area contributed by atoms with E-state index in [1.807, 2.05) is 13.0 Å². The van der Waals surface area contributed by atoms with Crippen LogP contribution in [0, 0.1) is 0 Å². The molecule has 0 rings (SSSR count). The van der Waals surface area contributed by atoms with E-state index in [2.05, 4.69) is 6.58 Å². The van der Waals surface area contributed by atoms with E-state index in [9.17, 15) is 4.39 Å². The molecular formula is C9H13F. The Morgan fingerprint density at radius 3 is 2.50 bits per heavy atom. The van der Waals surface area contributed by atoms with Gasteiger partial charge in [0.05, 0.1) is 5.83 Å². The number of rotatable bonds is 3. The zero-order valence-electron chi connectivity index (χ0n) is 6.52. The van der Waals surface area contributed by atoms with E-state index >= 15 is 0 Å². The van der Waals surface area contributed by atoms with Crippen LogP contribution in [-0.2, 0) is 0 Å². The van der Waals surface area contributed by atoms with E-state index in [4.69, 9.17) is 0 Å². The maximum absolute atomic E-state index is 12.2. The van der Waals surface area contributed by atoms with Crippen LogP contribution in [0.4, 0.5) is 4.39 Å². The molecule has 1 heteroatoms. The lowest BCUT2D eigenvalue weighted by atomic mass is 10.2. The fourth-order valence-electron chi connectivity index (χ4n) is 0.675. The smallest absolute Gasteiger partial charge is 0.0971 e. The fourth-order valence-corrected chi connectivity index (χ4v) is 0.675. The second kappa shape index (κ2) is 4.98. The van der Waals surface area contributed by atoms with Gasteiger partial charge in [0.2, 0.25) is 0 Å². The molecule has 0 bridgehead atoms. The van der Waals surface area contributed by atoms with Crippen LogP contribution in [0.15, 0.2) is 36.2 Å². The Morgan fingerprint density at radius 2 is 2.20 bits per heavy atom. The van der Waals surface area contributed by atoms with Gasteiger partial charge in [-0.1, -0.05) is 25.7 Å². The van der Waals surface area contributed by atoms with Crippen LogP contribution in [0.3, 0.4) is 0 Å². The zero-order valence-corrected chi connectivity index (χ0v) is 6.52. The molecule has 0 heterocycles. The Labute approximate surface area is 61.8 Å². The highest BCUT2D eigenvalue weighted by Gasteiger charge is 1.87. The van der Waals surface area contributed by atoms with Gasteiger partial charge in [-0.15, -0.1) is 0 Å². The van der Waals surface area contributed by atoms with Gasteiger partial charge in [-0.2, -0.15) is 0 Å². The summed E-state index contributed by atoms with van der Waals surface area (Å²) in [6.07, 6.45) is 5.83. The zero-order chi connectivity index (χ0) is 7.98. The van der Waals surface area contributed by atoms with Crippen molar-refractivity contribution < 1.29 is 4.39 Å². The standard InChI is InChI=1S/C9H13F/c1-4-6-9(5-2)7-8(3)10/h4,6-7H,1,5H2,2-3H3/b8-7+,9-6-. The average molecular weight is 140 g/mol. The number of hydrogen-bond acceptors (Lipinski definition) is 0. The molecule has 0 aliphatic heterocycles. The van der Waals surface area contributed by atoms with Gasteiger partial charge in [0, 0.05) is 0 Å². The Morgan fingerprint density at radius 1 is 1.60 bits per heavy atom. The molecule has 0 atom stereocenters. The van der Waals surface area contributed by atoms with Crippen molar-refractivity contribution in [3.63, 3.8) is 0 Å². The van der Waals surface area contributed by atoms with Crippen LogP contribution in [0.5, 0.6) is 0 Å². The van der Waals surface area contributed by atoms with Gasteiger partial charge >= 0.3 is 0 Å². The lowest BCUT2D eigenvalue weighted by Gasteiger charge is -1.92. The topological polar surface area (TPSA) is 0 Å². The largest absolute Gasteiger partial charge is 0.212 e. The summed E-state index contributed by atoms with van der Waals surface area (Å²) < 4.78 is 12.2. The molecule has 0 fully saturated rings. The minimum absolute atomic E-state index is 0.157. The minimum Gasteiger partial charge on any atom is -0.212 e. The summed E-state index contributed by atoms with van der Waals surface area (Å²) in [6, 6.07) is 0. The van der Waals surface area contributed by atoms with Gasteiger partial charge in [0.25, 0.3) is 0 Å². The highest BCUT2D eigenvalue weighted by Crippen LogP contribution is 2.06. The molecule has 0 nitrogen and oxygen atoms in total. The third-order valence-corrected chi connectivity index (χ3v) is 1.12. The maximum Gasteiger partial charge on any atom is 0.0971 e. The molecule has 0 spiro atoms. The van der Waals surface area contributed by atoms with E-state index in [-0.39, 0.29) is 5.83 Å². The van der Waals surface area contributed by atoms with Crippen molar-refractivity contribution in [2.24, 2.45) is 0 Å². The van der Waals surface area contributed by atoms with Crippen molar-refractivity contribution >= 4 is 0 Å². The van der Waals surface area contributed by atoms with Crippen LogP contribution in [0.25, 0.3) is 0 Å². The van der Waals surface area contributed by atoms with E-state index in [0.717, 1.165) is 12.0 Å². The van der Waals surface area contributed by atoms with Gasteiger partial charge in [-0.25, -0.2) is 4.39 Å². The predicted molar refractivity (Wildman–Crippen MR) is 43.4 cm³/mol. The van der Waals surface area contributed by atoms with E-state index < -0.39 is 0 Å². The predicted octanol–water partition coefficient (Wildman–Crippen LogP) is 3.38. The molecule has 0 amide bonds. The van der Waals surface area contributed by atoms with Crippen molar-refractivity contribution in [1.82, 2.24) is 0 Å². The quantitative estimate of drug-likeness (QED) is 0.527. The summed E-state index contributed by atoms with van der Waals surface area (Å²) in [6.45, 7) is 6.95. The van der Waals surface area contributed by atoms with Gasteiger partial charge in [0.15, 0.2) is 0 Å². The van der Waals surface area contributed by atoms with Gasteiger partial charge in [-0.05, 0) is 25.0 Å². The molecule has 0 aliphatic carbocycles. The lowest BCUT2D eigenvalue weighted by Crippen LogP contribution is -1.73. The Balaban J connectivity index is 4.22. The first-order valence-corrected chi connectivity index (χ1v) is 3.36. The summed E-state index contributed by atoms with van der Waals surface area (Å²) in [5.74, 6) is -0.157. The second-order valence-electron chi connectivity index (χ2n) is 2.06. The van der Waals surface area contributed by atoms with Gasteiger partial charge in [0.1, 0.15) is 0 Å². The van der Waals surface area contributed by atoms with Gasteiger partial charge in [-0.3, -0.25) is 0 Å². The SMILES string of the molecule is C=C/C=C(\C=C(/C)F)CC. The summed E-state index contributed by atoms with van der Waals surface area (Å²) in [5, 5.41) is 0. The van der Waals surface area contributed by atoms with Crippen LogP contribution in [-0.4, -0.2) is 0 Å². The average Bonchev–Trinajstić information content (AvgIpc) is 1.86. The number of allylic oxidation sites excluding steroid dienone is 5. The first-order chi connectivity index (χ1) is 4.70. The van der Waals surface area contributed by atoms with Gasteiger partial charge < -0.3 is 0 Å². The minimum atomic E-state index is -0.157. The van der Waals surface area contributed by atoms with E-state index in [1.165, 1.54) is 13.0 Å². The monoisotopic (exact) mass is 140 g/mol. The van der Waals surface area contributed by atoms with E-state index in [0.29, 0.717) is 0 Å². The third-order valence-electron chi connectivity index (χ3n) is 1.12. The molecule has 56 valence electrons. The molecule has 10 heavy (non-hydrogen) atoms. The van der Waals surface area contributed by atoms with Crippen LogP contribution in [0.2, 0.25) is 0 Å². The van der Waals surface area contributed by atoms with Crippen LogP contribution < -0.4 is 0 Å². The Hall–Kier alpha value is -0.850. The van der Waals surface area contributed by atoms with Crippen molar-refractivity contribution in [1.29, 1.82) is 0 Å². The maximum atomic E-state index is 12.2. The summed E-state index contributed by atoms with van der Waals surface area (Å²) in [5.41, 5.74) is 0.968. The molecule has 0 aromatic carbocycles. The fraction of sp³-hybridized carbons (Fsp3) is 0.333. The lowest BCUT2D eigenvalue weighted by molar-refractivity contribution is 0.638. The summed E-state index contributed by atoms with van der Waals surface area (Å²) in [7, 11) is 0. The summed E-state index contributed by atoms with van der Waals surface area (Å²) >= 11 is 0. The van der Waals surface area contributed by atoms with Crippen LogP contribution >= 0.6 is 0 Å². The molecule has 0 saturated heterocycles. The molecular weight excluding hydrogens is 127 g/mol. The highest BCUT2D eigenvalue weighted by molar-refractivity contribution is 5.23. The Bertz CT molecular complexity index is 157. The van der Waals surface area contributed by atoms with Crippen molar-refractivity contribution in [2.45, 2.75) is 20.3 Å². The van der Waals surface area contributed by atoms with Crippen molar-refractivity contribution in [3.05, 3.63) is 36.2 Å². The molecule has 0 radical (unpaired) electrons. The molecule has 0 aromatic rings. The normalized spacial score (nSPS) is 13.5.